The summed E-state index contributed by atoms with van der Waals surface area (Å²) in [7, 11) is 0. The molecule has 0 radical (unpaired) electrons. The van der Waals surface area contributed by atoms with Crippen molar-refractivity contribution in [2.24, 2.45) is 0 Å². The molecule has 2 aliphatic rings. The first-order valence-electron chi connectivity index (χ1n) is 8.35. The second-order valence-corrected chi connectivity index (χ2v) is 6.24. The molecule has 0 bridgehead atoms. The fraction of sp³-hybridized carbons (Fsp3) is 0.471. The van der Waals surface area contributed by atoms with Crippen molar-refractivity contribution < 1.29 is 9.53 Å². The van der Waals surface area contributed by atoms with Gasteiger partial charge in [-0.3, -0.25) is 4.79 Å². The molecule has 1 aliphatic heterocycles. The Bertz CT molecular complexity index is 786. The van der Waals surface area contributed by atoms with Crippen molar-refractivity contribution >= 4 is 5.91 Å². The Hall–Kier alpha value is -2.41. The lowest BCUT2D eigenvalue weighted by Crippen LogP contribution is -2.43. The molecule has 1 aliphatic carbocycles. The molecule has 24 heavy (non-hydrogen) atoms. The number of carbonyl (C=O) groups excluding carboxylic acids is 1. The van der Waals surface area contributed by atoms with Crippen LogP contribution >= 0.6 is 0 Å². The SMILES string of the molecule is O=C(Cn1nc(C2CC2)n(-c2ccccc2)c1=O)N1CCOCC1. The normalized spacial score (nSPS) is 17.9. The molecule has 1 saturated carbocycles. The summed E-state index contributed by atoms with van der Waals surface area (Å²) in [5.74, 6) is 0.999. The largest absolute Gasteiger partial charge is 0.378 e. The summed E-state index contributed by atoms with van der Waals surface area (Å²) < 4.78 is 8.21. The van der Waals surface area contributed by atoms with E-state index in [2.05, 4.69) is 5.10 Å². The van der Waals surface area contributed by atoms with Gasteiger partial charge in [-0.05, 0) is 25.0 Å². The molecular formula is C17H20N4O3. The van der Waals surface area contributed by atoms with E-state index in [0.29, 0.717) is 32.2 Å². The van der Waals surface area contributed by atoms with E-state index in [4.69, 9.17) is 4.74 Å². The van der Waals surface area contributed by atoms with Gasteiger partial charge in [0.25, 0.3) is 0 Å². The summed E-state index contributed by atoms with van der Waals surface area (Å²) in [4.78, 5) is 27.0. The standard InChI is InChI=1S/C17H20N4O3/c22-15(19-8-10-24-11-9-19)12-20-17(23)21(14-4-2-1-3-5-14)16(18-20)13-6-7-13/h1-5,13H,6-12H2. The van der Waals surface area contributed by atoms with Gasteiger partial charge in [0.1, 0.15) is 12.4 Å². The molecular weight excluding hydrogens is 308 g/mol. The zero-order valence-electron chi connectivity index (χ0n) is 13.4. The van der Waals surface area contributed by atoms with Gasteiger partial charge in [0.15, 0.2) is 0 Å². The van der Waals surface area contributed by atoms with Crippen LogP contribution in [-0.4, -0.2) is 51.5 Å². The minimum absolute atomic E-state index is 0.0155. The number of carbonyl (C=O) groups is 1. The van der Waals surface area contributed by atoms with Crippen molar-refractivity contribution in [3.05, 3.63) is 46.6 Å². The van der Waals surface area contributed by atoms with E-state index in [9.17, 15) is 9.59 Å². The minimum Gasteiger partial charge on any atom is -0.378 e. The molecule has 1 aromatic carbocycles. The van der Waals surface area contributed by atoms with Gasteiger partial charge in [-0.2, -0.15) is 5.10 Å². The Morgan fingerprint density at radius 2 is 1.88 bits per heavy atom. The maximum absolute atomic E-state index is 12.8. The van der Waals surface area contributed by atoms with Crippen LogP contribution in [0, 0.1) is 0 Å². The van der Waals surface area contributed by atoms with E-state index < -0.39 is 0 Å². The van der Waals surface area contributed by atoms with Gasteiger partial charge in [0, 0.05) is 19.0 Å². The number of aromatic nitrogens is 3. The van der Waals surface area contributed by atoms with Crippen LogP contribution in [0.15, 0.2) is 35.1 Å². The molecule has 7 nitrogen and oxygen atoms in total. The Morgan fingerprint density at radius 3 is 2.54 bits per heavy atom. The first kappa shape index (κ1) is 15.1. The number of hydrogen-bond acceptors (Lipinski definition) is 4. The molecule has 0 atom stereocenters. The molecule has 1 amide bonds. The van der Waals surface area contributed by atoms with Crippen LogP contribution < -0.4 is 5.69 Å². The summed E-state index contributed by atoms with van der Waals surface area (Å²) in [6.07, 6.45) is 2.08. The predicted molar refractivity (Wildman–Crippen MR) is 87.2 cm³/mol. The fourth-order valence-corrected chi connectivity index (χ4v) is 2.99. The number of nitrogens with zero attached hydrogens (tertiary/aromatic N) is 4. The average Bonchev–Trinajstić information content (AvgIpc) is 3.42. The second-order valence-electron chi connectivity index (χ2n) is 6.24. The van der Waals surface area contributed by atoms with Gasteiger partial charge in [-0.15, -0.1) is 0 Å². The molecule has 1 saturated heterocycles. The van der Waals surface area contributed by atoms with Crippen molar-refractivity contribution in [3.8, 4) is 5.69 Å². The second kappa shape index (κ2) is 6.24. The third-order valence-electron chi connectivity index (χ3n) is 4.47. The van der Waals surface area contributed by atoms with Crippen LogP contribution in [0.5, 0.6) is 0 Å². The van der Waals surface area contributed by atoms with Crippen LogP contribution in [0.2, 0.25) is 0 Å². The molecule has 2 heterocycles. The smallest absolute Gasteiger partial charge is 0.351 e. The highest BCUT2D eigenvalue weighted by Gasteiger charge is 2.32. The van der Waals surface area contributed by atoms with E-state index in [0.717, 1.165) is 24.4 Å². The fourth-order valence-electron chi connectivity index (χ4n) is 2.99. The molecule has 0 spiro atoms. The Balaban J connectivity index is 1.64. The van der Waals surface area contributed by atoms with Crippen LogP contribution in [0.1, 0.15) is 24.6 Å². The Labute approximate surface area is 139 Å². The van der Waals surface area contributed by atoms with Gasteiger partial charge in [0.05, 0.1) is 18.9 Å². The number of benzene rings is 1. The molecule has 126 valence electrons. The van der Waals surface area contributed by atoms with Crippen molar-refractivity contribution in [1.82, 2.24) is 19.2 Å². The zero-order valence-corrected chi connectivity index (χ0v) is 13.4. The van der Waals surface area contributed by atoms with Crippen molar-refractivity contribution in [2.45, 2.75) is 25.3 Å². The number of rotatable bonds is 4. The number of morpholine rings is 1. The molecule has 2 aromatic rings. The van der Waals surface area contributed by atoms with Crippen molar-refractivity contribution in [3.63, 3.8) is 0 Å². The topological polar surface area (TPSA) is 69.4 Å². The summed E-state index contributed by atoms with van der Waals surface area (Å²) in [6.45, 7) is 2.22. The van der Waals surface area contributed by atoms with Crippen LogP contribution in [0.4, 0.5) is 0 Å². The summed E-state index contributed by atoms with van der Waals surface area (Å²) in [5, 5.41) is 4.47. The minimum atomic E-state index is -0.246. The van der Waals surface area contributed by atoms with E-state index in [1.165, 1.54) is 4.68 Å². The average molecular weight is 328 g/mol. The predicted octanol–water partition coefficient (Wildman–Crippen LogP) is 0.770. The first-order valence-corrected chi connectivity index (χ1v) is 8.35. The summed E-state index contributed by atoms with van der Waals surface area (Å²) >= 11 is 0. The van der Waals surface area contributed by atoms with Crippen molar-refractivity contribution in [1.29, 1.82) is 0 Å². The van der Waals surface area contributed by atoms with Crippen molar-refractivity contribution in [2.75, 3.05) is 26.3 Å². The highest BCUT2D eigenvalue weighted by atomic mass is 16.5. The maximum Gasteiger partial charge on any atom is 0.351 e. The maximum atomic E-state index is 12.8. The van der Waals surface area contributed by atoms with Crippen LogP contribution in [0.3, 0.4) is 0 Å². The van der Waals surface area contributed by atoms with Crippen LogP contribution in [0.25, 0.3) is 5.69 Å². The lowest BCUT2D eigenvalue weighted by molar-refractivity contribution is -0.136. The third-order valence-corrected chi connectivity index (χ3v) is 4.47. The molecule has 0 unspecified atom stereocenters. The van der Waals surface area contributed by atoms with E-state index in [1.54, 1.807) is 9.47 Å². The highest BCUT2D eigenvalue weighted by molar-refractivity contribution is 5.76. The van der Waals surface area contributed by atoms with E-state index in [-0.39, 0.29) is 18.1 Å². The lowest BCUT2D eigenvalue weighted by atomic mass is 10.3. The van der Waals surface area contributed by atoms with Crippen LogP contribution in [-0.2, 0) is 16.1 Å². The monoisotopic (exact) mass is 328 g/mol. The highest BCUT2D eigenvalue weighted by Crippen LogP contribution is 2.39. The van der Waals surface area contributed by atoms with Gasteiger partial charge in [-0.25, -0.2) is 14.0 Å². The van der Waals surface area contributed by atoms with Gasteiger partial charge in [-0.1, -0.05) is 18.2 Å². The molecule has 4 rings (SSSR count). The summed E-state index contributed by atoms with van der Waals surface area (Å²) in [6, 6.07) is 9.49. The van der Waals surface area contributed by atoms with E-state index >= 15 is 0 Å². The third kappa shape index (κ3) is 2.87. The number of amides is 1. The Morgan fingerprint density at radius 1 is 1.17 bits per heavy atom. The number of ether oxygens (including phenoxy) is 1. The van der Waals surface area contributed by atoms with Gasteiger partial charge < -0.3 is 9.64 Å². The molecule has 1 aromatic heterocycles. The Kier molecular flexibility index (Phi) is 3.93. The number of hydrogen-bond donors (Lipinski definition) is 0. The summed E-state index contributed by atoms with van der Waals surface area (Å²) in [5.41, 5.74) is 0.555. The van der Waals surface area contributed by atoms with E-state index in [1.807, 2.05) is 30.3 Å². The van der Waals surface area contributed by atoms with Gasteiger partial charge in [0.2, 0.25) is 5.91 Å². The number of para-hydroxylation sites is 1. The zero-order chi connectivity index (χ0) is 16.5. The molecule has 0 N–H and O–H groups in total. The molecule has 7 heteroatoms. The molecule has 2 fully saturated rings. The van der Waals surface area contributed by atoms with Gasteiger partial charge >= 0.3 is 5.69 Å². The first-order chi connectivity index (χ1) is 11.7. The lowest BCUT2D eigenvalue weighted by Gasteiger charge is -2.26. The quantitative estimate of drug-likeness (QED) is 0.831.